The molecule has 0 aliphatic carbocycles. The van der Waals surface area contributed by atoms with Crippen LogP contribution in [0, 0.1) is 21.0 Å². The number of aromatic nitrogens is 1. The smallest absolute Gasteiger partial charge is 0.335 e. The van der Waals surface area contributed by atoms with E-state index in [1.807, 2.05) is 56.3 Å². The fourth-order valence-corrected chi connectivity index (χ4v) is 5.91. The lowest BCUT2D eigenvalue weighted by Gasteiger charge is -2.12. The molecule has 0 spiro atoms. The molecule has 0 atom stereocenters. The van der Waals surface area contributed by atoms with Crippen molar-refractivity contribution in [2.24, 2.45) is 5.10 Å². The zero-order valence-electron chi connectivity index (χ0n) is 20.0. The van der Waals surface area contributed by atoms with Gasteiger partial charge < -0.3 is 14.4 Å². The summed E-state index contributed by atoms with van der Waals surface area (Å²) in [5.74, 6) is -0.517. The Hall–Kier alpha value is -3.19. The molecule has 7 nitrogen and oxygen atoms in total. The van der Waals surface area contributed by atoms with Crippen molar-refractivity contribution in [2.45, 2.75) is 20.5 Å². The molecular weight excluding hydrogens is 696 g/mol. The van der Waals surface area contributed by atoms with E-state index in [0.29, 0.717) is 12.2 Å². The molecule has 0 saturated carbocycles. The van der Waals surface area contributed by atoms with Gasteiger partial charge in [0.15, 0.2) is 0 Å². The highest BCUT2D eigenvalue weighted by Crippen LogP contribution is 2.29. The van der Waals surface area contributed by atoms with E-state index >= 15 is 0 Å². The van der Waals surface area contributed by atoms with Crippen molar-refractivity contribution in [3.8, 4) is 11.4 Å². The summed E-state index contributed by atoms with van der Waals surface area (Å²) in [5.41, 5.74) is 8.17. The SMILES string of the molecule is Cc1ccc(C)n1-c1cccc(C(=O)N/N=C\c2cc(I)c(OCc3ccc(C(=O)O)cc3)c(I)c2)c1. The van der Waals surface area contributed by atoms with E-state index in [1.54, 1.807) is 36.5 Å². The molecule has 1 heterocycles. The van der Waals surface area contributed by atoms with Gasteiger partial charge in [0.25, 0.3) is 5.91 Å². The maximum absolute atomic E-state index is 12.7. The van der Waals surface area contributed by atoms with Crippen molar-refractivity contribution in [3.05, 3.63) is 114 Å². The second-order valence-electron chi connectivity index (χ2n) is 8.31. The minimum atomic E-state index is -0.958. The molecule has 0 radical (unpaired) electrons. The summed E-state index contributed by atoms with van der Waals surface area (Å²) < 4.78 is 9.87. The maximum atomic E-state index is 12.7. The summed E-state index contributed by atoms with van der Waals surface area (Å²) in [6.45, 7) is 4.37. The van der Waals surface area contributed by atoms with Gasteiger partial charge in [-0.25, -0.2) is 10.2 Å². The first-order valence-corrected chi connectivity index (χ1v) is 13.4. The molecule has 9 heteroatoms. The Morgan fingerprint density at radius 2 is 1.59 bits per heavy atom. The van der Waals surface area contributed by atoms with Crippen LogP contribution in [0.5, 0.6) is 5.75 Å². The summed E-state index contributed by atoms with van der Waals surface area (Å²) in [7, 11) is 0. The van der Waals surface area contributed by atoms with Crippen LogP contribution in [0.2, 0.25) is 0 Å². The van der Waals surface area contributed by atoms with Crippen molar-refractivity contribution in [3.63, 3.8) is 0 Å². The van der Waals surface area contributed by atoms with E-state index in [2.05, 4.69) is 60.3 Å². The Balaban J connectivity index is 1.40. The number of carbonyl (C=O) groups excluding carboxylic acids is 1. The number of aryl methyl sites for hydroxylation is 2. The van der Waals surface area contributed by atoms with Gasteiger partial charge in [0.2, 0.25) is 0 Å². The van der Waals surface area contributed by atoms with Crippen molar-refractivity contribution >= 4 is 63.3 Å². The lowest BCUT2D eigenvalue weighted by atomic mass is 10.1. The van der Waals surface area contributed by atoms with Crippen molar-refractivity contribution in [2.75, 3.05) is 0 Å². The zero-order valence-corrected chi connectivity index (χ0v) is 24.3. The van der Waals surface area contributed by atoms with E-state index in [4.69, 9.17) is 9.84 Å². The van der Waals surface area contributed by atoms with E-state index < -0.39 is 5.97 Å². The Kier molecular flexibility index (Phi) is 8.64. The summed E-state index contributed by atoms with van der Waals surface area (Å²) in [4.78, 5) is 23.7. The molecule has 37 heavy (non-hydrogen) atoms. The molecule has 0 fully saturated rings. The molecule has 4 aromatic rings. The maximum Gasteiger partial charge on any atom is 0.335 e. The first-order chi connectivity index (χ1) is 17.7. The van der Waals surface area contributed by atoms with Crippen LogP contribution in [0.4, 0.5) is 0 Å². The number of ether oxygens (including phenoxy) is 1. The normalized spacial score (nSPS) is 11.0. The molecule has 0 aliphatic rings. The average molecular weight is 719 g/mol. The van der Waals surface area contributed by atoms with Crippen LogP contribution in [0.3, 0.4) is 0 Å². The first kappa shape index (κ1) is 26.9. The van der Waals surface area contributed by atoms with Gasteiger partial charge in [-0.1, -0.05) is 18.2 Å². The Morgan fingerprint density at radius 3 is 2.22 bits per heavy atom. The number of nitrogens with zero attached hydrogens (tertiary/aromatic N) is 2. The predicted molar refractivity (Wildman–Crippen MR) is 160 cm³/mol. The van der Waals surface area contributed by atoms with Crippen LogP contribution in [0.15, 0.2) is 77.9 Å². The number of hydrazone groups is 1. The van der Waals surface area contributed by atoms with Crippen molar-refractivity contribution in [1.82, 2.24) is 9.99 Å². The molecule has 1 amide bonds. The third-order valence-electron chi connectivity index (χ3n) is 5.62. The number of carboxylic acids is 1. The number of carbonyl (C=O) groups is 2. The van der Waals surface area contributed by atoms with Gasteiger partial charge in [0.05, 0.1) is 18.9 Å². The summed E-state index contributed by atoms with van der Waals surface area (Å²) >= 11 is 4.40. The quantitative estimate of drug-likeness (QED) is 0.126. The number of hydrogen-bond acceptors (Lipinski definition) is 4. The van der Waals surface area contributed by atoms with Gasteiger partial charge in [0, 0.05) is 22.6 Å². The minimum Gasteiger partial charge on any atom is -0.487 e. The Bertz CT molecular complexity index is 1450. The van der Waals surface area contributed by atoms with E-state index in [9.17, 15) is 9.59 Å². The van der Waals surface area contributed by atoms with Crippen molar-refractivity contribution in [1.29, 1.82) is 0 Å². The van der Waals surface area contributed by atoms with Gasteiger partial charge in [-0.3, -0.25) is 4.79 Å². The minimum absolute atomic E-state index is 0.238. The molecule has 0 aliphatic heterocycles. The number of amides is 1. The highest BCUT2D eigenvalue weighted by molar-refractivity contribution is 14.1. The van der Waals surface area contributed by atoms with Gasteiger partial charge in [-0.2, -0.15) is 5.10 Å². The molecule has 0 saturated heterocycles. The molecule has 188 valence electrons. The van der Waals surface area contributed by atoms with Crippen LogP contribution in [-0.2, 0) is 6.61 Å². The predicted octanol–water partition coefficient (Wildman–Crippen LogP) is 6.34. The third kappa shape index (κ3) is 6.58. The third-order valence-corrected chi connectivity index (χ3v) is 7.22. The fourth-order valence-electron chi connectivity index (χ4n) is 3.78. The number of aromatic carboxylic acids is 1. The van der Waals surface area contributed by atoms with Gasteiger partial charge in [0.1, 0.15) is 12.4 Å². The Labute approximate surface area is 241 Å². The van der Waals surface area contributed by atoms with Gasteiger partial charge in [-0.05, 0) is 125 Å². The average Bonchev–Trinajstić information content (AvgIpc) is 3.21. The number of rotatable bonds is 8. The Morgan fingerprint density at radius 1 is 0.946 bits per heavy atom. The molecule has 0 bridgehead atoms. The summed E-state index contributed by atoms with van der Waals surface area (Å²) in [5, 5.41) is 13.2. The largest absolute Gasteiger partial charge is 0.487 e. The molecule has 3 aromatic carbocycles. The summed E-state index contributed by atoms with van der Waals surface area (Å²) in [6.07, 6.45) is 1.60. The van der Waals surface area contributed by atoms with E-state index in [1.165, 1.54) is 0 Å². The van der Waals surface area contributed by atoms with E-state index in [0.717, 1.165) is 41.1 Å². The van der Waals surface area contributed by atoms with Crippen LogP contribution in [0.1, 0.15) is 43.2 Å². The van der Waals surface area contributed by atoms with Crippen LogP contribution < -0.4 is 10.2 Å². The number of hydrogen-bond donors (Lipinski definition) is 2. The first-order valence-electron chi connectivity index (χ1n) is 11.3. The van der Waals surface area contributed by atoms with E-state index in [-0.39, 0.29) is 11.5 Å². The number of carboxylic acid groups (broad SMARTS) is 1. The summed E-state index contributed by atoms with van der Waals surface area (Å²) in [6, 6.07) is 22.0. The topological polar surface area (TPSA) is 92.9 Å². The second kappa shape index (κ2) is 11.9. The van der Waals surface area contributed by atoms with Gasteiger partial charge in [-0.15, -0.1) is 0 Å². The second-order valence-corrected chi connectivity index (χ2v) is 10.6. The zero-order chi connectivity index (χ0) is 26.5. The molecule has 4 rings (SSSR count). The molecule has 2 N–H and O–H groups in total. The standard InChI is InChI=1S/C28H23I2N3O4/c1-17-6-7-18(2)33(17)23-5-3-4-22(14-23)27(34)32-31-15-20-12-24(29)26(25(30)13-20)37-16-19-8-10-21(11-9-19)28(35)36/h3-15H,16H2,1-2H3,(H,32,34)(H,35,36)/b31-15-. The number of benzene rings is 3. The fraction of sp³-hybridized carbons (Fsp3) is 0.107. The highest BCUT2D eigenvalue weighted by atomic mass is 127. The van der Waals surface area contributed by atoms with Crippen molar-refractivity contribution < 1.29 is 19.4 Å². The van der Waals surface area contributed by atoms with Crippen LogP contribution >= 0.6 is 45.2 Å². The lowest BCUT2D eigenvalue weighted by Crippen LogP contribution is -2.18. The van der Waals surface area contributed by atoms with Gasteiger partial charge >= 0.3 is 5.97 Å². The monoisotopic (exact) mass is 719 g/mol. The highest BCUT2D eigenvalue weighted by Gasteiger charge is 2.11. The number of nitrogens with one attached hydrogen (secondary N) is 1. The molecule has 1 aromatic heterocycles. The number of halogens is 2. The lowest BCUT2D eigenvalue weighted by molar-refractivity contribution is 0.0696. The molecular formula is C28H23I2N3O4. The van der Waals surface area contributed by atoms with Crippen LogP contribution in [-0.4, -0.2) is 27.8 Å². The molecule has 0 unspecified atom stereocenters. The van der Waals surface area contributed by atoms with Crippen LogP contribution in [0.25, 0.3) is 5.69 Å².